The van der Waals surface area contributed by atoms with Crippen molar-refractivity contribution in [1.82, 2.24) is 24.5 Å². The van der Waals surface area contributed by atoms with E-state index in [-0.39, 0.29) is 0 Å². The maximum Gasteiger partial charge on any atom is 0.254 e. The van der Waals surface area contributed by atoms with Crippen molar-refractivity contribution in [2.75, 3.05) is 31.6 Å². The summed E-state index contributed by atoms with van der Waals surface area (Å²) in [5.41, 5.74) is 2.16. The predicted molar refractivity (Wildman–Crippen MR) is 87.7 cm³/mol. The number of hydrogen-bond acceptors (Lipinski definition) is 6. The first kappa shape index (κ1) is 14.8. The SMILES string of the molecule is Cc1nc2ncnn2c(NC2CCN(C3CCOC3)CC2)c1C. The predicted octanol–water partition coefficient (Wildman–Crippen LogP) is 1.41. The number of fused-ring (bicyclic) bond motifs is 1. The molecule has 2 aliphatic heterocycles. The van der Waals surface area contributed by atoms with Gasteiger partial charge in [0.25, 0.3) is 5.78 Å². The van der Waals surface area contributed by atoms with Crippen molar-refractivity contribution in [2.24, 2.45) is 0 Å². The van der Waals surface area contributed by atoms with E-state index in [0.29, 0.717) is 17.9 Å². The minimum Gasteiger partial charge on any atom is -0.380 e. The molecule has 2 fully saturated rings. The second-order valence-electron chi connectivity index (χ2n) is 6.61. The highest BCUT2D eigenvalue weighted by Gasteiger charge is 2.28. The van der Waals surface area contributed by atoms with E-state index in [1.807, 2.05) is 11.4 Å². The highest BCUT2D eigenvalue weighted by Crippen LogP contribution is 2.24. The summed E-state index contributed by atoms with van der Waals surface area (Å²) in [6, 6.07) is 1.10. The minimum absolute atomic E-state index is 0.474. The first-order valence-corrected chi connectivity index (χ1v) is 8.47. The molecule has 2 aliphatic rings. The van der Waals surface area contributed by atoms with Crippen molar-refractivity contribution in [3.05, 3.63) is 17.6 Å². The van der Waals surface area contributed by atoms with Crippen LogP contribution in [0, 0.1) is 13.8 Å². The fraction of sp³-hybridized carbons (Fsp3) is 0.688. The number of hydrogen-bond donors (Lipinski definition) is 1. The Morgan fingerprint density at radius 1 is 1.22 bits per heavy atom. The van der Waals surface area contributed by atoms with Gasteiger partial charge in [-0.05, 0) is 33.1 Å². The first-order valence-electron chi connectivity index (χ1n) is 8.47. The Bertz CT molecular complexity index is 685. The third-order valence-corrected chi connectivity index (χ3v) is 5.20. The van der Waals surface area contributed by atoms with Crippen LogP contribution in [0.4, 0.5) is 5.82 Å². The molecule has 1 unspecified atom stereocenters. The summed E-state index contributed by atoms with van der Waals surface area (Å²) in [7, 11) is 0. The number of rotatable bonds is 3. The van der Waals surface area contributed by atoms with Crippen LogP contribution in [-0.4, -0.2) is 62.9 Å². The van der Waals surface area contributed by atoms with Gasteiger partial charge in [-0.15, -0.1) is 0 Å². The van der Waals surface area contributed by atoms with Gasteiger partial charge < -0.3 is 10.1 Å². The van der Waals surface area contributed by atoms with Gasteiger partial charge in [0.2, 0.25) is 0 Å². The molecule has 2 aromatic heterocycles. The van der Waals surface area contributed by atoms with E-state index in [4.69, 9.17) is 4.74 Å². The van der Waals surface area contributed by atoms with Gasteiger partial charge in [-0.25, -0.2) is 4.98 Å². The molecular weight excluding hydrogens is 292 g/mol. The third kappa shape index (κ3) is 2.79. The van der Waals surface area contributed by atoms with Crippen molar-refractivity contribution in [2.45, 2.75) is 45.2 Å². The van der Waals surface area contributed by atoms with E-state index >= 15 is 0 Å². The molecular formula is C16H24N6O. The lowest BCUT2D eigenvalue weighted by Crippen LogP contribution is -2.45. The molecule has 2 saturated heterocycles. The van der Waals surface area contributed by atoms with Gasteiger partial charge in [-0.2, -0.15) is 14.6 Å². The largest absolute Gasteiger partial charge is 0.380 e. The molecule has 0 bridgehead atoms. The smallest absolute Gasteiger partial charge is 0.254 e. The Kier molecular flexibility index (Phi) is 3.90. The molecule has 0 saturated carbocycles. The van der Waals surface area contributed by atoms with E-state index in [0.717, 1.165) is 56.2 Å². The lowest BCUT2D eigenvalue weighted by atomic mass is 10.0. The van der Waals surface area contributed by atoms with E-state index in [9.17, 15) is 0 Å². The summed E-state index contributed by atoms with van der Waals surface area (Å²) < 4.78 is 7.34. The summed E-state index contributed by atoms with van der Waals surface area (Å²) in [4.78, 5) is 11.3. The van der Waals surface area contributed by atoms with E-state index in [1.165, 1.54) is 6.42 Å². The summed E-state index contributed by atoms with van der Waals surface area (Å²) in [6.07, 6.45) is 5.04. The molecule has 2 aromatic rings. The average molecular weight is 316 g/mol. The van der Waals surface area contributed by atoms with E-state index in [2.05, 4.69) is 32.2 Å². The number of likely N-dealkylation sites (tertiary alicyclic amines) is 1. The van der Waals surface area contributed by atoms with Crippen molar-refractivity contribution >= 4 is 11.6 Å². The van der Waals surface area contributed by atoms with E-state index in [1.54, 1.807) is 6.33 Å². The summed E-state index contributed by atoms with van der Waals surface area (Å²) in [5, 5.41) is 8.01. The maximum absolute atomic E-state index is 5.52. The molecule has 4 heterocycles. The number of piperidine rings is 1. The van der Waals surface area contributed by atoms with Crippen LogP contribution in [0.1, 0.15) is 30.5 Å². The van der Waals surface area contributed by atoms with Crippen molar-refractivity contribution in [1.29, 1.82) is 0 Å². The van der Waals surface area contributed by atoms with Gasteiger partial charge in [0.15, 0.2) is 0 Å². The molecule has 4 rings (SSSR count). The van der Waals surface area contributed by atoms with Crippen LogP contribution in [-0.2, 0) is 4.74 Å². The van der Waals surface area contributed by atoms with Crippen LogP contribution in [0.25, 0.3) is 5.78 Å². The van der Waals surface area contributed by atoms with Crippen molar-refractivity contribution < 1.29 is 4.74 Å². The van der Waals surface area contributed by atoms with E-state index < -0.39 is 0 Å². The molecule has 23 heavy (non-hydrogen) atoms. The topological polar surface area (TPSA) is 67.6 Å². The highest BCUT2D eigenvalue weighted by atomic mass is 16.5. The van der Waals surface area contributed by atoms with Crippen molar-refractivity contribution in [3.8, 4) is 0 Å². The molecule has 1 atom stereocenters. The number of aryl methyl sites for hydroxylation is 1. The molecule has 0 spiro atoms. The number of nitrogens with zero attached hydrogens (tertiary/aromatic N) is 5. The van der Waals surface area contributed by atoms with Crippen LogP contribution in [0.2, 0.25) is 0 Å². The number of nitrogens with one attached hydrogen (secondary N) is 1. The second-order valence-corrected chi connectivity index (χ2v) is 6.61. The zero-order chi connectivity index (χ0) is 15.8. The molecule has 0 aliphatic carbocycles. The zero-order valence-corrected chi connectivity index (χ0v) is 13.8. The summed E-state index contributed by atoms with van der Waals surface area (Å²) >= 11 is 0. The van der Waals surface area contributed by atoms with Gasteiger partial charge in [0.1, 0.15) is 12.1 Å². The third-order valence-electron chi connectivity index (χ3n) is 5.20. The van der Waals surface area contributed by atoms with Crippen LogP contribution in [0.5, 0.6) is 0 Å². The molecule has 7 heteroatoms. The van der Waals surface area contributed by atoms with Gasteiger partial charge in [0, 0.05) is 43.0 Å². The first-order chi connectivity index (χ1) is 11.2. The lowest BCUT2D eigenvalue weighted by molar-refractivity contribution is 0.124. The standard InChI is InChI=1S/C16H24N6O/c1-11-12(2)19-16-17-10-18-22(16)15(11)20-13-3-6-21(7-4-13)14-5-8-23-9-14/h10,13-14,20H,3-9H2,1-2H3. The fourth-order valence-corrected chi connectivity index (χ4v) is 3.62. The normalized spacial score (nSPS) is 23.7. The fourth-order valence-electron chi connectivity index (χ4n) is 3.62. The maximum atomic E-state index is 5.52. The highest BCUT2D eigenvalue weighted by molar-refractivity contribution is 5.52. The van der Waals surface area contributed by atoms with Crippen LogP contribution in [0.15, 0.2) is 6.33 Å². The number of aromatic nitrogens is 4. The van der Waals surface area contributed by atoms with Crippen LogP contribution < -0.4 is 5.32 Å². The summed E-state index contributed by atoms with van der Waals surface area (Å²) in [6.45, 7) is 8.21. The van der Waals surface area contributed by atoms with Gasteiger partial charge >= 0.3 is 0 Å². The molecule has 0 aromatic carbocycles. The van der Waals surface area contributed by atoms with Crippen molar-refractivity contribution in [3.63, 3.8) is 0 Å². The molecule has 0 amide bonds. The Morgan fingerprint density at radius 3 is 2.78 bits per heavy atom. The monoisotopic (exact) mass is 316 g/mol. The Morgan fingerprint density at radius 2 is 2.04 bits per heavy atom. The number of ether oxygens (including phenoxy) is 1. The Hall–Kier alpha value is -1.73. The second kappa shape index (κ2) is 6.05. The molecule has 7 nitrogen and oxygen atoms in total. The Labute approximate surface area is 136 Å². The van der Waals surface area contributed by atoms with Crippen LogP contribution in [0.3, 0.4) is 0 Å². The summed E-state index contributed by atoms with van der Waals surface area (Å²) in [5.74, 6) is 1.70. The quantitative estimate of drug-likeness (QED) is 0.923. The van der Waals surface area contributed by atoms with Gasteiger partial charge in [-0.3, -0.25) is 4.90 Å². The zero-order valence-electron chi connectivity index (χ0n) is 13.8. The van der Waals surface area contributed by atoms with Gasteiger partial charge in [-0.1, -0.05) is 0 Å². The minimum atomic E-state index is 0.474. The molecule has 1 N–H and O–H groups in total. The molecule has 124 valence electrons. The van der Waals surface area contributed by atoms with Gasteiger partial charge in [0.05, 0.1) is 6.61 Å². The van der Waals surface area contributed by atoms with Crippen LogP contribution >= 0.6 is 0 Å². The molecule has 0 radical (unpaired) electrons. The Balaban J connectivity index is 1.47. The average Bonchev–Trinajstić information content (AvgIpc) is 3.23. The number of anilines is 1. The lowest BCUT2D eigenvalue weighted by Gasteiger charge is -2.36.